The third-order valence-electron chi connectivity index (χ3n) is 5.12. The number of benzene rings is 1. The van der Waals surface area contributed by atoms with Crippen LogP contribution >= 0.6 is 24.0 Å². The van der Waals surface area contributed by atoms with Crippen molar-refractivity contribution in [3.05, 3.63) is 72.1 Å². The molecule has 4 rings (SSSR count). The van der Waals surface area contributed by atoms with Gasteiger partial charge in [0, 0.05) is 24.5 Å². The average molecular weight is 482 g/mol. The van der Waals surface area contributed by atoms with Crippen LogP contribution in [0.5, 0.6) is 11.6 Å². The predicted molar refractivity (Wildman–Crippen MR) is 133 cm³/mol. The molecule has 1 N–H and O–H groups in total. The fourth-order valence-electron chi connectivity index (χ4n) is 3.34. The van der Waals surface area contributed by atoms with Crippen LogP contribution in [0.1, 0.15) is 12.0 Å². The Hall–Kier alpha value is -3.17. The van der Waals surface area contributed by atoms with E-state index < -0.39 is 0 Å². The number of likely N-dealkylation sites (N-methyl/N-ethyl adjacent to an activating group) is 1. The van der Waals surface area contributed by atoms with E-state index in [4.69, 9.17) is 21.7 Å². The van der Waals surface area contributed by atoms with E-state index in [-0.39, 0.29) is 16.4 Å². The number of allylic oxidation sites excluding steroid dienone is 3. The number of anilines is 1. The second-order valence-corrected chi connectivity index (χ2v) is 9.24. The average Bonchev–Trinajstić information content (AvgIpc) is 3.13. The summed E-state index contributed by atoms with van der Waals surface area (Å²) < 4.78 is 11.9. The summed E-state index contributed by atoms with van der Waals surface area (Å²) in [6.45, 7) is 1.10. The molecule has 170 valence electrons. The van der Waals surface area contributed by atoms with Crippen molar-refractivity contribution in [3.8, 4) is 11.6 Å². The zero-order valence-electron chi connectivity index (χ0n) is 18.0. The Balaban J connectivity index is 1.28. The number of nitrogens with zero attached hydrogens (tertiary/aromatic N) is 2. The molecule has 2 aromatic rings. The van der Waals surface area contributed by atoms with Gasteiger partial charge in [-0.3, -0.25) is 14.9 Å². The number of hydrogen-bond acceptors (Lipinski definition) is 8. The number of nitrogens with one attached hydrogen (secondary N) is 1. The molecule has 0 saturated carbocycles. The monoisotopic (exact) mass is 481 g/mol. The maximum Gasteiger partial charge on any atom is 0.286 e. The molecule has 1 aromatic heterocycles. The van der Waals surface area contributed by atoms with E-state index in [2.05, 4.69) is 10.3 Å². The fourth-order valence-corrected chi connectivity index (χ4v) is 4.35. The molecular weight excluding hydrogens is 458 g/mol. The van der Waals surface area contributed by atoms with Gasteiger partial charge in [-0.1, -0.05) is 36.1 Å². The zero-order chi connectivity index (χ0) is 23.2. The molecule has 1 aromatic carbocycles. The number of carbonyl (C=O) groups is 2. The highest BCUT2D eigenvalue weighted by atomic mass is 32.2. The number of thioether (sulfide) groups is 1. The van der Waals surface area contributed by atoms with Crippen LogP contribution in [-0.2, 0) is 11.2 Å². The van der Waals surface area contributed by atoms with Crippen LogP contribution in [0, 0.1) is 0 Å². The molecule has 0 radical (unpaired) electrons. The lowest BCUT2D eigenvalue weighted by Crippen LogP contribution is -2.25. The maximum absolute atomic E-state index is 11.7. The van der Waals surface area contributed by atoms with Crippen LogP contribution in [-0.4, -0.2) is 46.4 Å². The standard InChI is InChI=1S/C24H23N3O4S2/c1-27(20-3-2-12-25-23(20)31-18-8-10-19(32)11-9-18)13-14-30-17-6-4-16(5-7-17)15-21-22(28)26-24(29)33-21/h2-10,12,21H,11,13-15H2,1H3,(H,26,28,29). The van der Waals surface area contributed by atoms with Crippen LogP contribution in [0.4, 0.5) is 10.5 Å². The Morgan fingerprint density at radius 1 is 1.21 bits per heavy atom. The van der Waals surface area contributed by atoms with Crippen molar-refractivity contribution in [2.24, 2.45) is 0 Å². The highest BCUT2D eigenvalue weighted by molar-refractivity contribution is 8.15. The van der Waals surface area contributed by atoms with Crippen molar-refractivity contribution >= 4 is 45.7 Å². The van der Waals surface area contributed by atoms with Crippen molar-refractivity contribution in [1.29, 1.82) is 0 Å². The summed E-state index contributed by atoms with van der Waals surface area (Å²) in [6, 6.07) is 11.4. The topological polar surface area (TPSA) is 80.8 Å². The highest BCUT2D eigenvalue weighted by Crippen LogP contribution is 2.27. The first-order valence-corrected chi connectivity index (χ1v) is 11.7. The lowest BCUT2D eigenvalue weighted by atomic mass is 10.1. The molecule has 1 fully saturated rings. The number of carbonyl (C=O) groups excluding carboxylic acids is 2. The van der Waals surface area contributed by atoms with Crippen LogP contribution < -0.4 is 19.7 Å². The van der Waals surface area contributed by atoms with Crippen molar-refractivity contribution in [3.63, 3.8) is 0 Å². The summed E-state index contributed by atoms with van der Waals surface area (Å²) in [4.78, 5) is 30.3. The highest BCUT2D eigenvalue weighted by Gasteiger charge is 2.31. The van der Waals surface area contributed by atoms with Crippen LogP contribution in [0.15, 0.2) is 66.6 Å². The lowest BCUT2D eigenvalue weighted by molar-refractivity contribution is -0.118. The van der Waals surface area contributed by atoms with E-state index in [1.54, 1.807) is 6.20 Å². The van der Waals surface area contributed by atoms with E-state index in [1.807, 2.05) is 66.6 Å². The molecule has 2 heterocycles. The van der Waals surface area contributed by atoms with Gasteiger partial charge in [-0.25, -0.2) is 4.98 Å². The Labute approximate surface area is 201 Å². The van der Waals surface area contributed by atoms with Gasteiger partial charge in [0.15, 0.2) is 0 Å². The molecule has 9 heteroatoms. The molecule has 0 spiro atoms. The number of rotatable bonds is 9. The molecule has 33 heavy (non-hydrogen) atoms. The first-order chi connectivity index (χ1) is 16.0. The number of imide groups is 1. The number of amides is 2. The third-order valence-corrected chi connectivity index (χ3v) is 6.41. The van der Waals surface area contributed by atoms with E-state index in [9.17, 15) is 9.59 Å². The maximum atomic E-state index is 11.7. The van der Waals surface area contributed by atoms with Crippen LogP contribution in [0.3, 0.4) is 0 Å². The Kier molecular flexibility index (Phi) is 7.41. The number of ether oxygens (including phenoxy) is 2. The summed E-state index contributed by atoms with van der Waals surface area (Å²) in [6.07, 6.45) is 8.57. The van der Waals surface area contributed by atoms with Gasteiger partial charge >= 0.3 is 0 Å². The van der Waals surface area contributed by atoms with Crippen molar-refractivity contribution in [2.75, 3.05) is 25.1 Å². The van der Waals surface area contributed by atoms with E-state index in [1.165, 1.54) is 0 Å². The summed E-state index contributed by atoms with van der Waals surface area (Å²) in [7, 11) is 1.96. The Morgan fingerprint density at radius 2 is 2.03 bits per heavy atom. The largest absolute Gasteiger partial charge is 0.492 e. The molecule has 1 atom stereocenters. The Morgan fingerprint density at radius 3 is 2.73 bits per heavy atom. The number of hydrogen-bond donors (Lipinski definition) is 1. The number of thiocarbonyl (C=S) groups is 1. The van der Waals surface area contributed by atoms with Crippen molar-refractivity contribution in [2.45, 2.75) is 18.1 Å². The van der Waals surface area contributed by atoms with Gasteiger partial charge in [-0.05, 0) is 54.5 Å². The van der Waals surface area contributed by atoms with Gasteiger partial charge in [0.05, 0.1) is 11.8 Å². The molecule has 1 unspecified atom stereocenters. The molecule has 1 aliphatic heterocycles. The molecule has 2 aliphatic rings. The van der Waals surface area contributed by atoms with Crippen LogP contribution in [0.2, 0.25) is 0 Å². The summed E-state index contributed by atoms with van der Waals surface area (Å²) in [5.41, 5.74) is 1.84. The minimum absolute atomic E-state index is 0.230. The molecular formula is C24H23N3O4S2. The second kappa shape index (κ2) is 10.6. The third kappa shape index (κ3) is 6.21. The van der Waals surface area contributed by atoms with Gasteiger partial charge in [-0.2, -0.15) is 0 Å². The Bertz CT molecular complexity index is 1110. The van der Waals surface area contributed by atoms with Gasteiger partial charge in [-0.15, -0.1) is 0 Å². The second-order valence-electron chi connectivity index (χ2n) is 7.54. The SMILES string of the molecule is CN(CCOc1ccc(CC2SC(=O)NC2=O)cc1)c1cccnc1OC1=CCC(=S)C=C1. The van der Waals surface area contributed by atoms with E-state index in [0.717, 1.165) is 39.4 Å². The van der Waals surface area contributed by atoms with Gasteiger partial charge in [0.25, 0.3) is 5.24 Å². The first kappa shape index (κ1) is 23.0. The van der Waals surface area contributed by atoms with Gasteiger partial charge < -0.3 is 14.4 Å². The molecule has 7 nitrogen and oxygen atoms in total. The number of pyridine rings is 1. The zero-order valence-corrected chi connectivity index (χ0v) is 19.7. The quantitative estimate of drug-likeness (QED) is 0.537. The van der Waals surface area contributed by atoms with Crippen LogP contribution in [0.25, 0.3) is 0 Å². The molecule has 1 saturated heterocycles. The number of aromatic nitrogens is 1. The minimum atomic E-state index is -0.370. The minimum Gasteiger partial charge on any atom is -0.492 e. The van der Waals surface area contributed by atoms with E-state index in [0.29, 0.717) is 31.9 Å². The molecule has 2 amide bonds. The lowest BCUT2D eigenvalue weighted by Gasteiger charge is -2.22. The summed E-state index contributed by atoms with van der Waals surface area (Å²) in [5, 5.41) is 1.65. The molecule has 0 bridgehead atoms. The fraction of sp³-hybridized carbons (Fsp3) is 0.250. The van der Waals surface area contributed by atoms with E-state index >= 15 is 0 Å². The molecule has 1 aliphatic carbocycles. The van der Waals surface area contributed by atoms with Gasteiger partial charge in [0.2, 0.25) is 11.8 Å². The first-order valence-electron chi connectivity index (χ1n) is 10.5. The van der Waals surface area contributed by atoms with Gasteiger partial charge in [0.1, 0.15) is 23.8 Å². The predicted octanol–water partition coefficient (Wildman–Crippen LogP) is 4.08. The van der Waals surface area contributed by atoms with Crippen molar-refractivity contribution < 1.29 is 19.1 Å². The summed E-state index contributed by atoms with van der Waals surface area (Å²) >= 11 is 6.21. The van der Waals surface area contributed by atoms with Crippen molar-refractivity contribution in [1.82, 2.24) is 10.3 Å². The summed E-state index contributed by atoms with van der Waals surface area (Å²) in [5.74, 6) is 1.76. The normalized spacial score (nSPS) is 17.5. The smallest absolute Gasteiger partial charge is 0.286 e.